The standard InChI is InChI=1S/C18H30N2O2.ClH/c1-4-5-6-16(12-19)20-18(21)11-15-7-9-17(10-8-15)22-13-14(2)3;/h7-10,14,16H,4-6,11-13,19H2,1-3H3,(H,20,21);1H. The molecule has 132 valence electrons. The second-order valence-electron chi connectivity index (χ2n) is 6.17. The number of benzene rings is 1. The maximum atomic E-state index is 12.0. The SMILES string of the molecule is CCCCC(CN)NC(=O)Cc1ccc(OCC(C)C)cc1.Cl. The summed E-state index contributed by atoms with van der Waals surface area (Å²) in [6, 6.07) is 7.81. The Bertz CT molecular complexity index is 435. The van der Waals surface area contributed by atoms with Gasteiger partial charge in [0.2, 0.25) is 5.91 Å². The Labute approximate surface area is 146 Å². The summed E-state index contributed by atoms with van der Waals surface area (Å²) in [5.74, 6) is 1.38. The molecular formula is C18H31ClN2O2. The van der Waals surface area contributed by atoms with Gasteiger partial charge in [0, 0.05) is 12.6 Å². The minimum Gasteiger partial charge on any atom is -0.493 e. The number of amides is 1. The molecule has 0 aliphatic rings. The molecule has 0 aromatic heterocycles. The highest BCUT2D eigenvalue weighted by molar-refractivity contribution is 5.85. The van der Waals surface area contributed by atoms with Crippen LogP contribution in [-0.4, -0.2) is 25.1 Å². The maximum Gasteiger partial charge on any atom is 0.224 e. The molecule has 0 radical (unpaired) electrons. The lowest BCUT2D eigenvalue weighted by molar-refractivity contribution is -0.121. The maximum absolute atomic E-state index is 12.0. The number of hydrogen-bond donors (Lipinski definition) is 2. The number of hydrogen-bond acceptors (Lipinski definition) is 3. The number of halogens is 1. The Morgan fingerprint density at radius 1 is 1.26 bits per heavy atom. The van der Waals surface area contributed by atoms with Crippen LogP contribution in [0, 0.1) is 5.92 Å². The summed E-state index contributed by atoms with van der Waals surface area (Å²) >= 11 is 0. The number of rotatable bonds is 10. The second kappa shape index (κ2) is 12.2. The number of carbonyl (C=O) groups is 1. The molecule has 1 unspecified atom stereocenters. The number of carbonyl (C=O) groups excluding carboxylic acids is 1. The molecule has 0 aliphatic heterocycles. The van der Waals surface area contributed by atoms with E-state index in [9.17, 15) is 4.79 Å². The van der Waals surface area contributed by atoms with Gasteiger partial charge in [-0.25, -0.2) is 0 Å². The highest BCUT2D eigenvalue weighted by Gasteiger charge is 2.10. The average Bonchev–Trinajstić information content (AvgIpc) is 2.50. The number of nitrogens with one attached hydrogen (secondary N) is 1. The molecule has 0 bridgehead atoms. The van der Waals surface area contributed by atoms with Crippen LogP contribution in [-0.2, 0) is 11.2 Å². The lowest BCUT2D eigenvalue weighted by Crippen LogP contribution is -2.40. The normalized spacial score (nSPS) is 11.7. The van der Waals surface area contributed by atoms with E-state index in [1.54, 1.807) is 0 Å². The predicted octanol–water partition coefficient (Wildman–Crippen LogP) is 3.32. The van der Waals surface area contributed by atoms with Gasteiger partial charge in [0.05, 0.1) is 13.0 Å². The van der Waals surface area contributed by atoms with Crippen LogP contribution in [0.3, 0.4) is 0 Å². The highest BCUT2D eigenvalue weighted by atomic mass is 35.5. The smallest absolute Gasteiger partial charge is 0.224 e. The summed E-state index contributed by atoms with van der Waals surface area (Å²) < 4.78 is 5.64. The Morgan fingerprint density at radius 3 is 2.43 bits per heavy atom. The predicted molar refractivity (Wildman–Crippen MR) is 98.2 cm³/mol. The van der Waals surface area contributed by atoms with Gasteiger partial charge in [-0.2, -0.15) is 0 Å². The van der Waals surface area contributed by atoms with Crippen molar-refractivity contribution in [1.29, 1.82) is 0 Å². The molecule has 23 heavy (non-hydrogen) atoms. The van der Waals surface area contributed by atoms with Gasteiger partial charge in [-0.1, -0.05) is 45.7 Å². The largest absolute Gasteiger partial charge is 0.493 e. The van der Waals surface area contributed by atoms with Crippen LogP contribution in [0.25, 0.3) is 0 Å². The summed E-state index contributed by atoms with van der Waals surface area (Å²) in [6.07, 6.45) is 3.53. The Balaban J connectivity index is 0.00000484. The first kappa shape index (κ1) is 21.7. The molecule has 3 N–H and O–H groups in total. The molecule has 0 aliphatic carbocycles. The molecule has 4 nitrogen and oxygen atoms in total. The van der Waals surface area contributed by atoms with E-state index in [-0.39, 0.29) is 24.4 Å². The van der Waals surface area contributed by atoms with Crippen molar-refractivity contribution >= 4 is 18.3 Å². The third kappa shape index (κ3) is 9.47. The summed E-state index contributed by atoms with van der Waals surface area (Å²) in [4.78, 5) is 12.0. The van der Waals surface area contributed by atoms with E-state index in [1.165, 1.54) is 0 Å². The van der Waals surface area contributed by atoms with Crippen LogP contribution < -0.4 is 15.8 Å². The van der Waals surface area contributed by atoms with Crippen LogP contribution in [0.15, 0.2) is 24.3 Å². The van der Waals surface area contributed by atoms with Crippen molar-refractivity contribution in [2.24, 2.45) is 11.7 Å². The molecule has 1 rings (SSSR count). The van der Waals surface area contributed by atoms with E-state index in [0.29, 0.717) is 25.5 Å². The van der Waals surface area contributed by atoms with Crippen molar-refractivity contribution in [2.45, 2.75) is 52.5 Å². The third-order valence-corrected chi connectivity index (χ3v) is 3.43. The first-order valence-corrected chi connectivity index (χ1v) is 8.26. The van der Waals surface area contributed by atoms with Gasteiger partial charge < -0.3 is 15.8 Å². The first-order valence-electron chi connectivity index (χ1n) is 8.26. The lowest BCUT2D eigenvalue weighted by Gasteiger charge is -2.16. The molecular weight excluding hydrogens is 312 g/mol. The Kier molecular flexibility index (Phi) is 11.5. The number of unbranched alkanes of at least 4 members (excludes halogenated alkanes) is 1. The topological polar surface area (TPSA) is 64.3 Å². The van der Waals surface area contributed by atoms with Crippen LogP contribution >= 0.6 is 12.4 Å². The van der Waals surface area contributed by atoms with Crippen molar-refractivity contribution < 1.29 is 9.53 Å². The Morgan fingerprint density at radius 2 is 1.91 bits per heavy atom. The van der Waals surface area contributed by atoms with E-state index in [2.05, 4.69) is 26.1 Å². The average molecular weight is 343 g/mol. The van der Waals surface area contributed by atoms with Crippen LogP contribution in [0.2, 0.25) is 0 Å². The Hall–Kier alpha value is -1.26. The first-order chi connectivity index (χ1) is 10.5. The van der Waals surface area contributed by atoms with Crippen LogP contribution in [0.1, 0.15) is 45.6 Å². The summed E-state index contributed by atoms with van der Waals surface area (Å²) in [6.45, 7) is 7.57. The van der Waals surface area contributed by atoms with E-state index in [1.807, 2.05) is 24.3 Å². The fourth-order valence-electron chi connectivity index (χ4n) is 2.13. The summed E-state index contributed by atoms with van der Waals surface area (Å²) in [5.41, 5.74) is 6.69. The van der Waals surface area contributed by atoms with E-state index < -0.39 is 0 Å². The molecule has 0 spiro atoms. The van der Waals surface area contributed by atoms with Gasteiger partial charge in [-0.15, -0.1) is 12.4 Å². The van der Waals surface area contributed by atoms with Crippen LogP contribution in [0.4, 0.5) is 0 Å². The minimum absolute atomic E-state index is 0. The highest BCUT2D eigenvalue weighted by Crippen LogP contribution is 2.13. The molecule has 0 heterocycles. The molecule has 1 atom stereocenters. The third-order valence-electron chi connectivity index (χ3n) is 3.43. The second-order valence-corrected chi connectivity index (χ2v) is 6.17. The zero-order valence-electron chi connectivity index (χ0n) is 14.5. The van der Waals surface area contributed by atoms with Gasteiger partial charge in [0.25, 0.3) is 0 Å². The fourth-order valence-corrected chi connectivity index (χ4v) is 2.13. The van der Waals surface area contributed by atoms with E-state index in [4.69, 9.17) is 10.5 Å². The van der Waals surface area contributed by atoms with Gasteiger partial charge >= 0.3 is 0 Å². The molecule has 0 saturated heterocycles. The number of nitrogens with two attached hydrogens (primary N) is 1. The molecule has 0 fully saturated rings. The van der Waals surface area contributed by atoms with Crippen molar-refractivity contribution in [3.05, 3.63) is 29.8 Å². The molecule has 1 aromatic carbocycles. The fraction of sp³-hybridized carbons (Fsp3) is 0.611. The van der Waals surface area contributed by atoms with Crippen molar-refractivity contribution in [3.8, 4) is 5.75 Å². The molecule has 1 aromatic rings. The lowest BCUT2D eigenvalue weighted by atomic mass is 10.1. The van der Waals surface area contributed by atoms with E-state index in [0.717, 1.165) is 30.6 Å². The van der Waals surface area contributed by atoms with Crippen molar-refractivity contribution in [3.63, 3.8) is 0 Å². The van der Waals surface area contributed by atoms with Crippen molar-refractivity contribution in [2.75, 3.05) is 13.2 Å². The van der Waals surface area contributed by atoms with Gasteiger partial charge in [0.1, 0.15) is 5.75 Å². The zero-order chi connectivity index (χ0) is 16.4. The summed E-state index contributed by atoms with van der Waals surface area (Å²) in [5, 5.41) is 3.01. The van der Waals surface area contributed by atoms with Crippen molar-refractivity contribution in [1.82, 2.24) is 5.32 Å². The zero-order valence-corrected chi connectivity index (χ0v) is 15.3. The van der Waals surface area contributed by atoms with Gasteiger partial charge in [-0.3, -0.25) is 4.79 Å². The summed E-state index contributed by atoms with van der Waals surface area (Å²) in [7, 11) is 0. The number of ether oxygens (including phenoxy) is 1. The minimum atomic E-state index is 0. The van der Waals surface area contributed by atoms with Crippen LogP contribution in [0.5, 0.6) is 5.75 Å². The van der Waals surface area contributed by atoms with Gasteiger partial charge in [0.15, 0.2) is 0 Å². The quantitative estimate of drug-likeness (QED) is 0.685. The van der Waals surface area contributed by atoms with E-state index >= 15 is 0 Å². The molecule has 1 amide bonds. The molecule has 0 saturated carbocycles. The monoisotopic (exact) mass is 342 g/mol. The molecule has 5 heteroatoms. The van der Waals surface area contributed by atoms with Gasteiger partial charge in [-0.05, 0) is 30.0 Å².